The van der Waals surface area contributed by atoms with Crippen molar-refractivity contribution in [2.75, 3.05) is 26.2 Å². The average molecular weight is 396 g/mol. The zero-order chi connectivity index (χ0) is 19.9. The van der Waals surface area contributed by atoms with Crippen LogP contribution in [-0.2, 0) is 26.0 Å². The van der Waals surface area contributed by atoms with E-state index in [0.29, 0.717) is 37.5 Å². The molecule has 0 atom stereocenters. The predicted molar refractivity (Wildman–Crippen MR) is 104 cm³/mol. The maximum atomic E-state index is 12.6. The van der Waals surface area contributed by atoms with Crippen LogP contribution in [-0.4, -0.2) is 50.7 Å². The molecule has 27 heavy (non-hydrogen) atoms. The molecule has 1 heterocycles. The fraction of sp³-hybridized carbons (Fsp3) is 0.579. The summed E-state index contributed by atoms with van der Waals surface area (Å²) in [6, 6.07) is 6.72. The van der Waals surface area contributed by atoms with Crippen LogP contribution in [0.4, 0.5) is 0 Å². The highest BCUT2D eigenvalue weighted by Crippen LogP contribution is 2.20. The standard InChI is InChI=1S/C19H29N3O4S/c1-15(2)14-21-19(24)18(23)20-11-10-16-6-8-17(9-7-16)27(25,26)22-12-4-3-5-13-22/h6-9,15H,3-5,10-14H2,1-2H3,(H,20,23)(H,21,24). The van der Waals surface area contributed by atoms with Crippen molar-refractivity contribution in [1.29, 1.82) is 0 Å². The van der Waals surface area contributed by atoms with Gasteiger partial charge in [-0.15, -0.1) is 0 Å². The number of rotatable bonds is 7. The van der Waals surface area contributed by atoms with Gasteiger partial charge in [-0.2, -0.15) is 4.31 Å². The summed E-state index contributed by atoms with van der Waals surface area (Å²) in [5, 5.41) is 5.14. The molecule has 0 unspecified atom stereocenters. The molecule has 0 radical (unpaired) electrons. The van der Waals surface area contributed by atoms with Crippen molar-refractivity contribution in [3.05, 3.63) is 29.8 Å². The van der Waals surface area contributed by atoms with Crippen molar-refractivity contribution in [3.8, 4) is 0 Å². The number of carbonyl (C=O) groups is 2. The molecule has 0 aliphatic carbocycles. The molecule has 2 rings (SSSR count). The third-order valence-electron chi connectivity index (χ3n) is 4.45. The first-order chi connectivity index (χ1) is 12.8. The second-order valence-corrected chi connectivity index (χ2v) is 9.16. The topological polar surface area (TPSA) is 95.6 Å². The largest absolute Gasteiger partial charge is 0.348 e. The van der Waals surface area contributed by atoms with E-state index < -0.39 is 21.8 Å². The summed E-state index contributed by atoms with van der Waals surface area (Å²) in [5.74, 6) is -1.01. The van der Waals surface area contributed by atoms with Gasteiger partial charge in [-0.25, -0.2) is 8.42 Å². The third-order valence-corrected chi connectivity index (χ3v) is 6.37. The number of hydrogen-bond acceptors (Lipinski definition) is 4. The number of hydrogen-bond donors (Lipinski definition) is 2. The van der Waals surface area contributed by atoms with E-state index in [1.54, 1.807) is 28.6 Å². The summed E-state index contributed by atoms with van der Waals surface area (Å²) in [6.07, 6.45) is 3.41. The Bertz CT molecular complexity index is 739. The minimum atomic E-state index is -3.43. The van der Waals surface area contributed by atoms with Gasteiger partial charge in [0.05, 0.1) is 4.90 Å². The molecule has 7 nitrogen and oxygen atoms in total. The second kappa shape index (κ2) is 9.85. The Kier molecular flexibility index (Phi) is 7.79. The SMILES string of the molecule is CC(C)CNC(=O)C(=O)NCCc1ccc(S(=O)(=O)N2CCCCC2)cc1. The van der Waals surface area contributed by atoms with E-state index in [-0.39, 0.29) is 5.92 Å². The Morgan fingerprint density at radius 3 is 2.19 bits per heavy atom. The summed E-state index contributed by atoms with van der Waals surface area (Å²) >= 11 is 0. The van der Waals surface area contributed by atoms with E-state index in [1.807, 2.05) is 13.8 Å². The van der Waals surface area contributed by atoms with Gasteiger partial charge in [0, 0.05) is 26.2 Å². The normalized spacial score (nSPS) is 15.5. The molecule has 2 amide bonds. The molecular formula is C19H29N3O4S. The molecular weight excluding hydrogens is 366 g/mol. The molecule has 0 bridgehead atoms. The number of nitrogens with zero attached hydrogens (tertiary/aromatic N) is 1. The van der Waals surface area contributed by atoms with Gasteiger partial charge >= 0.3 is 11.8 Å². The predicted octanol–water partition coefficient (Wildman–Crippen LogP) is 1.29. The lowest BCUT2D eigenvalue weighted by Crippen LogP contribution is -2.41. The Balaban J connectivity index is 1.83. The molecule has 0 spiro atoms. The molecule has 8 heteroatoms. The highest BCUT2D eigenvalue weighted by atomic mass is 32.2. The molecule has 1 aromatic carbocycles. The molecule has 0 saturated carbocycles. The summed E-state index contributed by atoms with van der Waals surface area (Å²) < 4.78 is 26.8. The van der Waals surface area contributed by atoms with Crippen LogP contribution in [0.3, 0.4) is 0 Å². The zero-order valence-electron chi connectivity index (χ0n) is 16.0. The quantitative estimate of drug-likeness (QED) is 0.680. The summed E-state index contributed by atoms with van der Waals surface area (Å²) in [4.78, 5) is 23.6. The van der Waals surface area contributed by atoms with E-state index in [2.05, 4.69) is 10.6 Å². The molecule has 2 N–H and O–H groups in total. The van der Waals surface area contributed by atoms with Crippen molar-refractivity contribution >= 4 is 21.8 Å². The first kappa shape index (κ1) is 21.4. The van der Waals surface area contributed by atoms with Crippen molar-refractivity contribution in [1.82, 2.24) is 14.9 Å². The highest BCUT2D eigenvalue weighted by molar-refractivity contribution is 7.89. The van der Waals surface area contributed by atoms with Crippen LogP contribution in [0.15, 0.2) is 29.2 Å². The van der Waals surface area contributed by atoms with Gasteiger partial charge in [0.25, 0.3) is 0 Å². The first-order valence-corrected chi connectivity index (χ1v) is 10.9. The maximum Gasteiger partial charge on any atom is 0.309 e. The minimum absolute atomic E-state index is 0.279. The van der Waals surface area contributed by atoms with Gasteiger partial charge < -0.3 is 10.6 Å². The van der Waals surface area contributed by atoms with Crippen molar-refractivity contribution in [3.63, 3.8) is 0 Å². The maximum absolute atomic E-state index is 12.6. The first-order valence-electron chi connectivity index (χ1n) is 9.46. The summed E-state index contributed by atoms with van der Waals surface area (Å²) in [5.41, 5.74) is 0.899. The fourth-order valence-electron chi connectivity index (χ4n) is 2.86. The molecule has 0 aromatic heterocycles. The minimum Gasteiger partial charge on any atom is -0.348 e. The average Bonchev–Trinajstić information content (AvgIpc) is 2.67. The molecule has 1 aliphatic rings. The van der Waals surface area contributed by atoms with Crippen molar-refractivity contribution in [2.45, 2.75) is 44.4 Å². The van der Waals surface area contributed by atoms with Crippen LogP contribution in [0.1, 0.15) is 38.7 Å². The van der Waals surface area contributed by atoms with Gasteiger partial charge in [0.15, 0.2) is 0 Å². The fourth-order valence-corrected chi connectivity index (χ4v) is 4.38. The van der Waals surface area contributed by atoms with Crippen LogP contribution in [0, 0.1) is 5.92 Å². The van der Waals surface area contributed by atoms with E-state index in [1.165, 1.54) is 0 Å². The third kappa shape index (κ3) is 6.32. The van der Waals surface area contributed by atoms with Gasteiger partial charge in [0.2, 0.25) is 10.0 Å². The number of sulfonamides is 1. The number of nitrogens with one attached hydrogen (secondary N) is 2. The zero-order valence-corrected chi connectivity index (χ0v) is 16.8. The Hall–Kier alpha value is -1.93. The summed E-state index contributed by atoms with van der Waals surface area (Å²) in [6.45, 7) is 5.83. The monoisotopic (exact) mass is 395 g/mol. The van der Waals surface area contributed by atoms with E-state index in [4.69, 9.17) is 0 Å². The summed E-state index contributed by atoms with van der Waals surface area (Å²) in [7, 11) is -3.43. The van der Waals surface area contributed by atoms with Crippen LogP contribution in [0.2, 0.25) is 0 Å². The molecule has 1 aromatic rings. The Morgan fingerprint density at radius 2 is 1.59 bits per heavy atom. The highest BCUT2D eigenvalue weighted by Gasteiger charge is 2.25. The molecule has 1 aliphatic heterocycles. The lowest BCUT2D eigenvalue weighted by atomic mass is 10.1. The van der Waals surface area contributed by atoms with Crippen LogP contribution < -0.4 is 10.6 Å². The van der Waals surface area contributed by atoms with Crippen LogP contribution in [0.25, 0.3) is 0 Å². The van der Waals surface area contributed by atoms with Crippen molar-refractivity contribution in [2.24, 2.45) is 5.92 Å². The number of carbonyl (C=O) groups excluding carboxylic acids is 2. The Morgan fingerprint density at radius 1 is 1.00 bits per heavy atom. The van der Waals surface area contributed by atoms with Crippen molar-refractivity contribution < 1.29 is 18.0 Å². The lowest BCUT2D eigenvalue weighted by Gasteiger charge is -2.25. The van der Waals surface area contributed by atoms with Crippen LogP contribution >= 0.6 is 0 Å². The van der Waals surface area contributed by atoms with E-state index in [9.17, 15) is 18.0 Å². The van der Waals surface area contributed by atoms with Gasteiger partial charge in [-0.3, -0.25) is 9.59 Å². The number of amides is 2. The van der Waals surface area contributed by atoms with E-state index >= 15 is 0 Å². The second-order valence-electron chi connectivity index (χ2n) is 7.22. The van der Waals surface area contributed by atoms with Gasteiger partial charge in [0.1, 0.15) is 0 Å². The van der Waals surface area contributed by atoms with Gasteiger partial charge in [-0.1, -0.05) is 32.4 Å². The molecule has 1 saturated heterocycles. The molecule has 150 valence electrons. The number of piperidine rings is 1. The molecule has 1 fully saturated rings. The van der Waals surface area contributed by atoms with Gasteiger partial charge in [-0.05, 0) is 42.9 Å². The smallest absolute Gasteiger partial charge is 0.309 e. The van der Waals surface area contributed by atoms with E-state index in [0.717, 1.165) is 24.8 Å². The van der Waals surface area contributed by atoms with Crippen LogP contribution in [0.5, 0.6) is 0 Å². The Labute approximate surface area is 161 Å². The number of benzene rings is 1. The lowest BCUT2D eigenvalue weighted by molar-refractivity contribution is -0.139.